The SMILES string of the molecule is CC(C)[C@H]1CC[C@H]2[C@@H]3[C@@H]4O[C@@H]4[C@]4(C)O[C@@H]4C[C@]3(C)CC[C@]12C(=O)O. The fourth-order valence-electron chi connectivity index (χ4n) is 7.43. The zero-order chi connectivity index (χ0) is 17.1. The zero-order valence-electron chi connectivity index (χ0n) is 15.2. The van der Waals surface area contributed by atoms with Crippen molar-refractivity contribution in [3.63, 3.8) is 0 Å². The minimum Gasteiger partial charge on any atom is -0.481 e. The van der Waals surface area contributed by atoms with E-state index in [2.05, 4.69) is 27.7 Å². The Morgan fingerprint density at radius 2 is 1.96 bits per heavy atom. The normalized spacial score (nSPS) is 60.5. The van der Waals surface area contributed by atoms with E-state index in [9.17, 15) is 9.90 Å². The van der Waals surface area contributed by atoms with Crippen LogP contribution in [0.25, 0.3) is 0 Å². The molecule has 4 heteroatoms. The van der Waals surface area contributed by atoms with E-state index in [1.807, 2.05) is 0 Å². The fourth-order valence-corrected chi connectivity index (χ4v) is 7.43. The molecule has 1 N–H and O–H groups in total. The second-order valence-corrected chi connectivity index (χ2v) is 10.1. The molecule has 5 aliphatic rings. The molecule has 134 valence electrons. The Bertz CT molecular complexity index is 602. The monoisotopic (exact) mass is 334 g/mol. The van der Waals surface area contributed by atoms with Crippen LogP contribution < -0.4 is 0 Å². The Morgan fingerprint density at radius 3 is 2.62 bits per heavy atom. The first kappa shape index (κ1) is 15.6. The quantitative estimate of drug-likeness (QED) is 0.785. The highest BCUT2D eigenvalue weighted by Crippen LogP contribution is 2.71. The topological polar surface area (TPSA) is 62.4 Å². The molecule has 5 rings (SSSR count). The van der Waals surface area contributed by atoms with Crippen LogP contribution in [0.15, 0.2) is 0 Å². The van der Waals surface area contributed by atoms with Crippen molar-refractivity contribution in [2.24, 2.45) is 34.5 Å². The lowest BCUT2D eigenvalue weighted by Gasteiger charge is -2.53. The number of epoxide rings is 2. The highest BCUT2D eigenvalue weighted by atomic mass is 16.7. The molecular weight excluding hydrogens is 304 g/mol. The molecule has 5 fully saturated rings. The molecule has 0 aromatic carbocycles. The van der Waals surface area contributed by atoms with Crippen LogP contribution in [0.5, 0.6) is 0 Å². The van der Waals surface area contributed by atoms with E-state index in [-0.39, 0.29) is 29.1 Å². The molecule has 9 atom stereocenters. The maximum Gasteiger partial charge on any atom is 0.310 e. The first-order chi connectivity index (χ1) is 11.2. The summed E-state index contributed by atoms with van der Waals surface area (Å²) in [5.74, 6) is 0.874. The number of rotatable bonds is 2. The van der Waals surface area contributed by atoms with Crippen LogP contribution in [0.2, 0.25) is 0 Å². The lowest BCUT2D eigenvalue weighted by Crippen LogP contribution is -2.54. The van der Waals surface area contributed by atoms with E-state index in [0.717, 1.165) is 32.1 Å². The summed E-state index contributed by atoms with van der Waals surface area (Å²) in [5.41, 5.74) is -0.439. The summed E-state index contributed by atoms with van der Waals surface area (Å²) in [4.78, 5) is 12.5. The van der Waals surface area contributed by atoms with Crippen molar-refractivity contribution < 1.29 is 19.4 Å². The third-order valence-corrected chi connectivity index (χ3v) is 8.74. The Hall–Kier alpha value is -0.610. The number of hydrogen-bond acceptors (Lipinski definition) is 3. The molecule has 3 aliphatic carbocycles. The predicted octanol–water partition coefficient (Wildman–Crippen LogP) is 3.48. The summed E-state index contributed by atoms with van der Waals surface area (Å²) in [6.07, 6.45) is 5.81. The molecule has 0 amide bonds. The average molecular weight is 334 g/mol. The molecule has 0 radical (unpaired) electrons. The van der Waals surface area contributed by atoms with Crippen LogP contribution in [-0.2, 0) is 14.3 Å². The maximum absolute atomic E-state index is 12.5. The van der Waals surface area contributed by atoms with Crippen LogP contribution in [-0.4, -0.2) is 35.0 Å². The molecule has 0 aromatic rings. The molecular formula is C20H30O4. The minimum atomic E-state index is -0.542. The van der Waals surface area contributed by atoms with Gasteiger partial charge in [0.25, 0.3) is 0 Å². The number of carbonyl (C=O) groups is 1. The second kappa shape index (κ2) is 4.37. The van der Waals surface area contributed by atoms with Crippen LogP contribution in [0.4, 0.5) is 0 Å². The maximum atomic E-state index is 12.5. The van der Waals surface area contributed by atoms with Gasteiger partial charge in [0.15, 0.2) is 0 Å². The molecule has 0 bridgehead atoms. The fraction of sp³-hybridized carbons (Fsp3) is 0.950. The molecule has 3 saturated carbocycles. The van der Waals surface area contributed by atoms with E-state index in [1.165, 1.54) is 0 Å². The summed E-state index contributed by atoms with van der Waals surface area (Å²) in [6, 6.07) is 0. The molecule has 2 saturated heterocycles. The van der Waals surface area contributed by atoms with Gasteiger partial charge in [-0.2, -0.15) is 0 Å². The van der Waals surface area contributed by atoms with E-state index < -0.39 is 11.4 Å². The average Bonchev–Trinajstić information content (AvgIpc) is 3.35. The van der Waals surface area contributed by atoms with Crippen molar-refractivity contribution in [2.45, 2.75) is 83.7 Å². The van der Waals surface area contributed by atoms with E-state index in [0.29, 0.717) is 23.9 Å². The van der Waals surface area contributed by atoms with Crippen molar-refractivity contribution in [2.75, 3.05) is 0 Å². The van der Waals surface area contributed by atoms with E-state index >= 15 is 0 Å². The zero-order valence-corrected chi connectivity index (χ0v) is 15.2. The van der Waals surface area contributed by atoms with Crippen molar-refractivity contribution in [1.82, 2.24) is 0 Å². The predicted molar refractivity (Wildman–Crippen MR) is 88.5 cm³/mol. The highest BCUT2D eigenvalue weighted by Gasteiger charge is 2.77. The number of ether oxygens (including phenoxy) is 2. The van der Waals surface area contributed by atoms with Gasteiger partial charge in [-0.3, -0.25) is 4.79 Å². The van der Waals surface area contributed by atoms with Gasteiger partial charge in [0.05, 0.1) is 17.6 Å². The van der Waals surface area contributed by atoms with Crippen molar-refractivity contribution in [3.05, 3.63) is 0 Å². The van der Waals surface area contributed by atoms with Crippen LogP contribution in [0.3, 0.4) is 0 Å². The van der Waals surface area contributed by atoms with Crippen molar-refractivity contribution in [1.29, 1.82) is 0 Å². The standard InChI is InChI=1S/C20H30O4/c1-10(2)11-5-6-12-14-15-16(23-15)19(4)13(24-19)9-18(14,3)7-8-20(11,12)17(21)22/h10-16H,5-9H2,1-4H3,(H,21,22)/t11-,12+,13-,14-,15+,16+,18+,19-,20+/m1/s1. The number of fused-ring (bicyclic) bond motifs is 7. The molecule has 2 heterocycles. The third-order valence-electron chi connectivity index (χ3n) is 8.74. The van der Waals surface area contributed by atoms with E-state index in [4.69, 9.17) is 9.47 Å². The van der Waals surface area contributed by atoms with E-state index in [1.54, 1.807) is 0 Å². The smallest absolute Gasteiger partial charge is 0.310 e. The van der Waals surface area contributed by atoms with Gasteiger partial charge in [0, 0.05) is 0 Å². The lowest BCUT2D eigenvalue weighted by atomic mass is 9.50. The first-order valence-corrected chi connectivity index (χ1v) is 9.81. The molecule has 2 aliphatic heterocycles. The first-order valence-electron chi connectivity index (χ1n) is 9.81. The third kappa shape index (κ3) is 1.65. The number of carboxylic acids is 1. The Labute approximate surface area is 144 Å². The number of carboxylic acid groups (broad SMARTS) is 1. The minimum absolute atomic E-state index is 0.0903. The second-order valence-electron chi connectivity index (χ2n) is 10.1. The van der Waals surface area contributed by atoms with Crippen LogP contribution in [0.1, 0.15) is 59.8 Å². The van der Waals surface area contributed by atoms with Crippen molar-refractivity contribution >= 4 is 5.97 Å². The van der Waals surface area contributed by atoms with Gasteiger partial charge in [0.2, 0.25) is 0 Å². The highest BCUT2D eigenvalue weighted by molar-refractivity contribution is 5.76. The summed E-state index contributed by atoms with van der Waals surface area (Å²) >= 11 is 0. The van der Waals surface area contributed by atoms with Crippen LogP contribution >= 0.6 is 0 Å². The Balaban J connectivity index is 1.57. The van der Waals surface area contributed by atoms with Gasteiger partial charge < -0.3 is 14.6 Å². The van der Waals surface area contributed by atoms with Gasteiger partial charge in [-0.15, -0.1) is 0 Å². The van der Waals surface area contributed by atoms with Gasteiger partial charge >= 0.3 is 5.97 Å². The summed E-state index contributed by atoms with van der Waals surface area (Å²) in [6.45, 7) is 9.00. The van der Waals surface area contributed by atoms with Gasteiger partial charge in [-0.25, -0.2) is 0 Å². The Kier molecular flexibility index (Phi) is 2.85. The Morgan fingerprint density at radius 1 is 1.21 bits per heavy atom. The largest absolute Gasteiger partial charge is 0.481 e. The van der Waals surface area contributed by atoms with Gasteiger partial charge in [0.1, 0.15) is 11.7 Å². The van der Waals surface area contributed by atoms with Gasteiger partial charge in [-0.1, -0.05) is 20.8 Å². The van der Waals surface area contributed by atoms with Crippen LogP contribution in [0, 0.1) is 34.5 Å². The lowest BCUT2D eigenvalue weighted by molar-refractivity contribution is -0.168. The van der Waals surface area contributed by atoms with Crippen molar-refractivity contribution in [3.8, 4) is 0 Å². The summed E-state index contributed by atoms with van der Waals surface area (Å²) in [5, 5.41) is 10.3. The summed E-state index contributed by atoms with van der Waals surface area (Å²) < 4.78 is 12.2. The molecule has 0 aromatic heterocycles. The molecule has 0 spiro atoms. The number of aliphatic carboxylic acids is 1. The van der Waals surface area contributed by atoms with Gasteiger partial charge in [-0.05, 0) is 68.1 Å². The molecule has 0 unspecified atom stereocenters. The molecule has 24 heavy (non-hydrogen) atoms. The summed E-state index contributed by atoms with van der Waals surface area (Å²) in [7, 11) is 0. The number of hydrogen-bond donors (Lipinski definition) is 1. The molecule has 4 nitrogen and oxygen atoms in total.